The molecule has 0 aliphatic heterocycles. The van der Waals surface area contributed by atoms with E-state index >= 15 is 0 Å². The second kappa shape index (κ2) is 15.0. The van der Waals surface area contributed by atoms with Crippen molar-refractivity contribution < 1.29 is 28.6 Å². The molecule has 0 bridgehead atoms. The van der Waals surface area contributed by atoms with Gasteiger partial charge in [0.2, 0.25) is 14.8 Å². The van der Waals surface area contributed by atoms with Gasteiger partial charge < -0.3 is 19.0 Å². The lowest BCUT2D eigenvalue weighted by molar-refractivity contribution is -0.146. The zero-order chi connectivity index (χ0) is 25.6. The van der Waals surface area contributed by atoms with Crippen molar-refractivity contribution in [3.63, 3.8) is 0 Å². The number of esters is 1. The first-order valence-electron chi connectivity index (χ1n) is 12.4. The molecule has 1 N–H and O–H groups in total. The van der Waals surface area contributed by atoms with Gasteiger partial charge in [-0.1, -0.05) is 69.9 Å². The molecule has 0 saturated carbocycles. The molecular weight excluding hydrogens is 460 g/mol. The number of unbranched alkanes of at least 4 members (excludes halogenated alkanes) is 2. The maximum absolute atomic E-state index is 11.7. The Morgan fingerprint density at radius 2 is 1.69 bits per heavy atom. The van der Waals surface area contributed by atoms with E-state index in [2.05, 4.69) is 20.4 Å². The Balaban J connectivity index is 2.32. The minimum absolute atomic E-state index is 0.319. The average molecular weight is 499 g/mol. The van der Waals surface area contributed by atoms with Crippen molar-refractivity contribution in [1.29, 1.82) is 0 Å². The number of hydrogen-bond donors (Lipinski definition) is 1. The summed E-state index contributed by atoms with van der Waals surface area (Å²) in [5.74, 6) is -1.34. The van der Waals surface area contributed by atoms with Crippen molar-refractivity contribution in [3.8, 4) is 11.5 Å². The molecule has 0 aliphatic rings. The van der Waals surface area contributed by atoms with Gasteiger partial charge in [-0.15, -0.1) is 0 Å². The van der Waals surface area contributed by atoms with E-state index in [1.165, 1.54) is 51.5 Å². The van der Waals surface area contributed by atoms with E-state index < -0.39 is 26.7 Å². The highest BCUT2D eigenvalue weighted by atomic mass is 28.3. The van der Waals surface area contributed by atoms with Crippen molar-refractivity contribution in [2.45, 2.75) is 78.0 Å². The van der Waals surface area contributed by atoms with Crippen LogP contribution in [0, 0.1) is 0 Å². The monoisotopic (exact) mass is 498 g/mol. The fourth-order valence-corrected chi connectivity index (χ4v) is 6.05. The molecular formula is C28H38O6Si. The number of ether oxygens (including phenoxy) is 2. The molecule has 0 heterocycles. The van der Waals surface area contributed by atoms with Crippen molar-refractivity contribution in [3.05, 3.63) is 65.4 Å². The third kappa shape index (κ3) is 9.98. The molecule has 1 atom stereocenters. The van der Waals surface area contributed by atoms with Crippen molar-refractivity contribution in [2.75, 3.05) is 0 Å². The number of rotatable bonds is 15. The summed E-state index contributed by atoms with van der Waals surface area (Å²) >= 11 is 0. The van der Waals surface area contributed by atoms with Crippen LogP contribution in [0.2, 0.25) is 12.1 Å². The summed E-state index contributed by atoms with van der Waals surface area (Å²) in [6, 6.07) is 15.1. The first-order valence-corrected chi connectivity index (χ1v) is 14.7. The lowest BCUT2D eigenvalue weighted by Crippen LogP contribution is -2.25. The molecule has 35 heavy (non-hydrogen) atoms. The van der Waals surface area contributed by atoms with Crippen LogP contribution in [-0.2, 0) is 20.9 Å². The first kappa shape index (κ1) is 28.2. The van der Waals surface area contributed by atoms with Gasteiger partial charge in [0, 0.05) is 12.5 Å². The van der Waals surface area contributed by atoms with Crippen LogP contribution < -0.4 is 9.16 Å². The lowest BCUT2D eigenvalue weighted by Gasteiger charge is -2.24. The molecule has 0 aromatic heterocycles. The van der Waals surface area contributed by atoms with Gasteiger partial charge in [-0.2, -0.15) is 0 Å². The summed E-state index contributed by atoms with van der Waals surface area (Å²) in [5, 5.41) is 9.52. The van der Waals surface area contributed by atoms with Crippen molar-refractivity contribution >= 4 is 27.1 Å². The number of carboxylic acid groups (broad SMARTS) is 1. The Kier molecular flexibility index (Phi) is 12.1. The lowest BCUT2D eigenvalue weighted by atomic mass is 10.1. The quantitative estimate of drug-likeness (QED) is 0.127. The molecule has 0 saturated heterocycles. The number of hydrogen-bond acceptors (Lipinski definition) is 5. The highest BCUT2D eigenvalue weighted by Gasteiger charge is 2.21. The third-order valence-electron chi connectivity index (χ3n) is 5.81. The minimum atomic E-state index is -1.55. The van der Waals surface area contributed by atoms with E-state index in [9.17, 15) is 14.7 Å². The smallest absolute Gasteiger partial charge is 0.371 e. The van der Waals surface area contributed by atoms with Crippen LogP contribution in [0.25, 0.3) is 6.08 Å². The number of carboxylic acids is 1. The highest BCUT2D eigenvalue weighted by Crippen LogP contribution is 2.31. The largest absolute Gasteiger partial charge is 0.546 e. The fraction of sp³-hybridized carbons (Fsp3) is 0.429. The summed E-state index contributed by atoms with van der Waals surface area (Å²) in [5.41, 5.74) is 2.05. The maximum atomic E-state index is 11.7. The normalized spacial score (nSPS) is 12.3. The van der Waals surface area contributed by atoms with Crippen LogP contribution in [0.15, 0.2) is 54.3 Å². The summed E-state index contributed by atoms with van der Waals surface area (Å²) in [6.45, 7) is 8.13. The molecule has 2 rings (SSSR count). The summed E-state index contributed by atoms with van der Waals surface area (Å²) in [4.78, 5) is 23.1. The molecule has 190 valence electrons. The third-order valence-corrected chi connectivity index (χ3v) is 8.45. The predicted octanol–water partition coefficient (Wildman–Crippen LogP) is 6.74. The number of aliphatic carboxylic acids is 1. The molecule has 0 amide bonds. The van der Waals surface area contributed by atoms with E-state index in [0.29, 0.717) is 29.2 Å². The molecule has 1 unspecified atom stereocenters. The first-order chi connectivity index (χ1) is 16.8. The Bertz CT molecular complexity index is 965. The fourth-order valence-electron chi connectivity index (χ4n) is 3.87. The Morgan fingerprint density at radius 3 is 2.26 bits per heavy atom. The molecule has 2 aromatic carbocycles. The zero-order valence-electron chi connectivity index (χ0n) is 21.3. The van der Waals surface area contributed by atoms with Crippen LogP contribution in [0.4, 0.5) is 0 Å². The highest BCUT2D eigenvalue weighted by molar-refractivity contribution is 6.52. The Hall–Kier alpha value is -3.06. The SMILES string of the molecule is CCCCC(CCCC)[SiH](C)Oc1ccc(OCc2ccccc2)c(C=C(OC(C)=O)C(=O)O)c1. The molecule has 7 heteroatoms. The molecule has 0 radical (unpaired) electrons. The molecule has 0 spiro atoms. The summed E-state index contributed by atoms with van der Waals surface area (Å²) in [6.07, 6.45) is 8.38. The minimum Gasteiger partial charge on any atom is -0.546 e. The molecule has 6 nitrogen and oxygen atoms in total. The molecule has 0 fully saturated rings. The zero-order valence-corrected chi connectivity index (χ0v) is 22.4. The van der Waals surface area contributed by atoms with E-state index in [4.69, 9.17) is 13.9 Å². The molecule has 0 aliphatic carbocycles. The van der Waals surface area contributed by atoms with Gasteiger partial charge >= 0.3 is 11.9 Å². The van der Waals surface area contributed by atoms with Crippen molar-refractivity contribution in [1.82, 2.24) is 0 Å². The summed E-state index contributed by atoms with van der Waals surface area (Å²) < 4.78 is 17.4. The van der Waals surface area contributed by atoms with Crippen molar-refractivity contribution in [2.24, 2.45) is 0 Å². The van der Waals surface area contributed by atoms with E-state index in [-0.39, 0.29) is 0 Å². The Labute approximate surface area is 210 Å². The van der Waals surface area contributed by atoms with Crippen LogP contribution in [0.3, 0.4) is 0 Å². The van der Waals surface area contributed by atoms with Gasteiger partial charge in [-0.05, 0) is 54.8 Å². The number of carbonyl (C=O) groups excluding carboxylic acids is 1. The number of carbonyl (C=O) groups is 2. The van der Waals surface area contributed by atoms with Crippen LogP contribution in [-0.4, -0.2) is 26.1 Å². The Morgan fingerprint density at radius 1 is 1.03 bits per heavy atom. The van der Waals surface area contributed by atoms with E-state index in [1.54, 1.807) is 12.1 Å². The van der Waals surface area contributed by atoms with Gasteiger partial charge in [-0.25, -0.2) is 4.79 Å². The van der Waals surface area contributed by atoms with Gasteiger partial charge in [-0.3, -0.25) is 4.79 Å². The standard InChI is InChI=1S/C28H38O6Si/c1-5-7-14-25(15-8-6-2)35(4)34-24-16-17-26(32-20-22-12-10-9-11-13-22)23(18-24)19-27(28(30)31)33-21(3)29/h9-13,16-19,25,35H,5-8,14-15,20H2,1-4H3,(H,30,31). The van der Waals surface area contributed by atoms with Gasteiger partial charge in [0.15, 0.2) is 0 Å². The summed E-state index contributed by atoms with van der Waals surface area (Å²) in [7, 11) is -1.55. The van der Waals surface area contributed by atoms with Gasteiger partial charge in [0.25, 0.3) is 0 Å². The second-order valence-corrected chi connectivity index (χ2v) is 11.3. The maximum Gasteiger partial charge on any atom is 0.371 e. The van der Waals surface area contributed by atoms with Crippen LogP contribution in [0.5, 0.6) is 11.5 Å². The second-order valence-electron chi connectivity index (χ2n) is 8.75. The number of benzene rings is 2. The van der Waals surface area contributed by atoms with Crippen LogP contribution >= 0.6 is 0 Å². The van der Waals surface area contributed by atoms with E-state index in [0.717, 1.165) is 5.56 Å². The molecule has 2 aromatic rings. The average Bonchev–Trinajstić information content (AvgIpc) is 2.83. The van der Waals surface area contributed by atoms with E-state index in [1.807, 2.05) is 36.4 Å². The van der Waals surface area contributed by atoms with Crippen LogP contribution in [0.1, 0.15) is 70.4 Å². The van der Waals surface area contributed by atoms with Gasteiger partial charge in [0.05, 0.1) is 0 Å². The predicted molar refractivity (Wildman–Crippen MR) is 141 cm³/mol. The topological polar surface area (TPSA) is 82.1 Å². The van der Waals surface area contributed by atoms with Gasteiger partial charge in [0.1, 0.15) is 18.1 Å².